The van der Waals surface area contributed by atoms with E-state index in [4.69, 9.17) is 5.73 Å². The molecular weight excluding hydrogens is 309 g/mol. The molecular formula is C15H23Cl2N3O. The summed E-state index contributed by atoms with van der Waals surface area (Å²) >= 11 is 0. The van der Waals surface area contributed by atoms with Crippen molar-refractivity contribution in [2.75, 3.05) is 7.05 Å². The van der Waals surface area contributed by atoms with Crippen molar-refractivity contribution in [3.63, 3.8) is 0 Å². The summed E-state index contributed by atoms with van der Waals surface area (Å²) in [6, 6.07) is 5.85. The molecule has 0 aliphatic heterocycles. The van der Waals surface area contributed by atoms with E-state index in [1.807, 2.05) is 25.2 Å². The van der Waals surface area contributed by atoms with Crippen LogP contribution in [0.25, 0.3) is 0 Å². The maximum atomic E-state index is 12.6. The standard InChI is InChI=1S/C15H21N3O.2ClH/c1-18(9-12-4-2-3-7-17-12)15(19)13-10-5-6-11(8-10)14(13)16;;/h2-4,7,10-11,13-14H,5-6,8-9,16H2,1H3;2*1H. The van der Waals surface area contributed by atoms with E-state index >= 15 is 0 Å². The minimum absolute atomic E-state index is 0. The summed E-state index contributed by atoms with van der Waals surface area (Å²) in [5.74, 6) is 1.32. The van der Waals surface area contributed by atoms with Gasteiger partial charge in [0, 0.05) is 19.3 Å². The molecule has 21 heavy (non-hydrogen) atoms. The highest BCUT2D eigenvalue weighted by Crippen LogP contribution is 2.48. The summed E-state index contributed by atoms with van der Waals surface area (Å²) in [6.45, 7) is 0.570. The molecule has 4 nitrogen and oxygen atoms in total. The largest absolute Gasteiger partial charge is 0.340 e. The average Bonchev–Trinajstić information content (AvgIpc) is 3.00. The second-order valence-electron chi connectivity index (χ2n) is 5.95. The average molecular weight is 332 g/mol. The molecule has 0 radical (unpaired) electrons. The maximum Gasteiger partial charge on any atom is 0.227 e. The van der Waals surface area contributed by atoms with Gasteiger partial charge in [0.15, 0.2) is 0 Å². The second-order valence-corrected chi connectivity index (χ2v) is 5.95. The highest BCUT2D eigenvalue weighted by molar-refractivity contribution is 5.85. The fourth-order valence-corrected chi connectivity index (χ4v) is 3.77. The van der Waals surface area contributed by atoms with Gasteiger partial charge in [0.25, 0.3) is 0 Å². The lowest BCUT2D eigenvalue weighted by molar-refractivity contribution is -0.137. The molecule has 2 saturated carbocycles. The Hall–Kier alpha value is -0.840. The zero-order chi connectivity index (χ0) is 13.4. The number of rotatable bonds is 3. The third kappa shape index (κ3) is 3.50. The molecule has 4 atom stereocenters. The number of hydrogen-bond acceptors (Lipinski definition) is 3. The van der Waals surface area contributed by atoms with Gasteiger partial charge >= 0.3 is 0 Å². The van der Waals surface area contributed by atoms with Gasteiger partial charge in [0.2, 0.25) is 5.91 Å². The number of hydrogen-bond donors (Lipinski definition) is 1. The second kappa shape index (κ2) is 7.43. The molecule has 2 aliphatic rings. The molecule has 6 heteroatoms. The SMILES string of the molecule is CN(Cc1ccccn1)C(=O)C1C2CCC(C2)C1N.Cl.Cl. The van der Waals surface area contributed by atoms with Crippen LogP contribution in [0.4, 0.5) is 0 Å². The summed E-state index contributed by atoms with van der Waals surface area (Å²) in [4.78, 5) is 18.6. The van der Waals surface area contributed by atoms with Gasteiger partial charge in [-0.15, -0.1) is 24.8 Å². The number of nitrogens with two attached hydrogens (primary N) is 1. The summed E-state index contributed by atoms with van der Waals surface area (Å²) in [5, 5.41) is 0. The van der Waals surface area contributed by atoms with Gasteiger partial charge in [-0.05, 0) is 43.2 Å². The fraction of sp³-hybridized carbons (Fsp3) is 0.600. The third-order valence-corrected chi connectivity index (χ3v) is 4.77. The van der Waals surface area contributed by atoms with Crippen molar-refractivity contribution in [1.82, 2.24) is 9.88 Å². The van der Waals surface area contributed by atoms with Crippen LogP contribution in [0.15, 0.2) is 24.4 Å². The number of pyridine rings is 1. The molecule has 0 spiro atoms. The monoisotopic (exact) mass is 331 g/mol. The Morgan fingerprint density at radius 1 is 1.33 bits per heavy atom. The Labute approximate surface area is 138 Å². The van der Waals surface area contributed by atoms with Crippen LogP contribution in [0.5, 0.6) is 0 Å². The van der Waals surface area contributed by atoms with E-state index in [0.717, 1.165) is 12.1 Å². The molecule has 1 aromatic heterocycles. The van der Waals surface area contributed by atoms with Gasteiger partial charge in [-0.25, -0.2) is 0 Å². The highest BCUT2D eigenvalue weighted by Gasteiger charge is 2.49. The van der Waals surface area contributed by atoms with Gasteiger partial charge in [0.05, 0.1) is 18.2 Å². The molecule has 118 valence electrons. The minimum atomic E-state index is 0. The Balaban J connectivity index is 0.00000110. The van der Waals surface area contributed by atoms with Crippen LogP contribution in [0.3, 0.4) is 0 Å². The van der Waals surface area contributed by atoms with E-state index in [1.165, 1.54) is 12.8 Å². The van der Waals surface area contributed by atoms with E-state index in [2.05, 4.69) is 4.98 Å². The van der Waals surface area contributed by atoms with Crippen molar-refractivity contribution in [2.45, 2.75) is 31.8 Å². The maximum absolute atomic E-state index is 12.6. The van der Waals surface area contributed by atoms with Crippen LogP contribution in [-0.4, -0.2) is 28.9 Å². The van der Waals surface area contributed by atoms with E-state index < -0.39 is 0 Å². The van der Waals surface area contributed by atoms with Crippen molar-refractivity contribution in [2.24, 2.45) is 23.5 Å². The van der Waals surface area contributed by atoms with Gasteiger partial charge in [-0.3, -0.25) is 9.78 Å². The molecule has 2 N–H and O–H groups in total. The Bertz CT molecular complexity index is 469. The lowest BCUT2D eigenvalue weighted by atomic mass is 9.84. The summed E-state index contributed by atoms with van der Waals surface area (Å²) in [5.41, 5.74) is 7.16. The first-order chi connectivity index (χ1) is 9.16. The molecule has 2 aliphatic carbocycles. The van der Waals surface area contributed by atoms with Crippen LogP contribution in [0.1, 0.15) is 25.0 Å². The first-order valence-electron chi connectivity index (χ1n) is 7.07. The van der Waals surface area contributed by atoms with Gasteiger partial charge in [0.1, 0.15) is 0 Å². The molecule has 0 aromatic carbocycles. The molecule has 2 bridgehead atoms. The predicted octanol–water partition coefficient (Wildman–Crippen LogP) is 2.26. The van der Waals surface area contributed by atoms with Gasteiger partial charge in [-0.1, -0.05) is 6.07 Å². The lowest BCUT2D eigenvalue weighted by Gasteiger charge is -2.30. The minimum Gasteiger partial charge on any atom is -0.340 e. The van der Waals surface area contributed by atoms with Crippen molar-refractivity contribution in [3.8, 4) is 0 Å². The quantitative estimate of drug-likeness (QED) is 0.924. The smallest absolute Gasteiger partial charge is 0.227 e. The Kier molecular flexibility index (Phi) is 6.44. The number of fused-ring (bicyclic) bond motifs is 2. The van der Waals surface area contributed by atoms with Crippen LogP contribution in [0, 0.1) is 17.8 Å². The molecule has 0 saturated heterocycles. The lowest BCUT2D eigenvalue weighted by Crippen LogP contribution is -2.45. The topological polar surface area (TPSA) is 59.2 Å². The molecule has 1 heterocycles. The number of carbonyl (C=O) groups excluding carboxylic acids is 1. The van der Waals surface area contributed by atoms with Crippen LogP contribution in [-0.2, 0) is 11.3 Å². The predicted molar refractivity (Wildman–Crippen MR) is 87.5 cm³/mol. The van der Waals surface area contributed by atoms with E-state index in [1.54, 1.807) is 11.1 Å². The Morgan fingerprint density at radius 3 is 2.62 bits per heavy atom. The van der Waals surface area contributed by atoms with E-state index in [-0.39, 0.29) is 42.7 Å². The van der Waals surface area contributed by atoms with Crippen molar-refractivity contribution < 1.29 is 4.79 Å². The molecule has 3 rings (SSSR count). The van der Waals surface area contributed by atoms with Gasteiger partial charge in [-0.2, -0.15) is 0 Å². The van der Waals surface area contributed by atoms with Crippen LogP contribution in [0.2, 0.25) is 0 Å². The molecule has 4 unspecified atom stereocenters. The first kappa shape index (κ1) is 18.2. The van der Waals surface area contributed by atoms with Crippen molar-refractivity contribution in [3.05, 3.63) is 30.1 Å². The third-order valence-electron chi connectivity index (χ3n) is 4.77. The summed E-state index contributed by atoms with van der Waals surface area (Å²) < 4.78 is 0. The Morgan fingerprint density at radius 2 is 2.05 bits per heavy atom. The van der Waals surface area contributed by atoms with Crippen molar-refractivity contribution >= 4 is 30.7 Å². The number of amides is 1. The molecule has 1 aromatic rings. The zero-order valence-electron chi connectivity index (χ0n) is 12.1. The van der Waals surface area contributed by atoms with Crippen LogP contribution >= 0.6 is 24.8 Å². The highest BCUT2D eigenvalue weighted by atomic mass is 35.5. The zero-order valence-corrected chi connectivity index (χ0v) is 13.8. The number of aromatic nitrogens is 1. The van der Waals surface area contributed by atoms with Crippen LogP contribution < -0.4 is 5.73 Å². The first-order valence-corrected chi connectivity index (χ1v) is 7.07. The molecule has 1 amide bonds. The van der Waals surface area contributed by atoms with E-state index in [9.17, 15) is 4.79 Å². The van der Waals surface area contributed by atoms with E-state index in [0.29, 0.717) is 18.4 Å². The summed E-state index contributed by atoms with van der Waals surface area (Å²) in [7, 11) is 1.86. The number of halogens is 2. The fourth-order valence-electron chi connectivity index (χ4n) is 3.77. The summed E-state index contributed by atoms with van der Waals surface area (Å²) in [6.07, 6.45) is 5.29. The van der Waals surface area contributed by atoms with Gasteiger partial charge < -0.3 is 10.6 Å². The number of carbonyl (C=O) groups is 1. The molecule has 2 fully saturated rings. The number of nitrogens with zero attached hydrogens (tertiary/aromatic N) is 2. The van der Waals surface area contributed by atoms with Crippen molar-refractivity contribution in [1.29, 1.82) is 0 Å². The normalized spacial score (nSPS) is 29.4.